The van der Waals surface area contributed by atoms with Crippen LogP contribution in [0.5, 0.6) is 0 Å². The number of hydrogen-bond acceptors (Lipinski definition) is 7. The SMILES string of the molecule is NS(=O)(=O)c1cccc(-c2noc(-c3nc(-c4ccc(C(F)(F)F)cc4)cc(C(F)F)n3)n2)c1. The van der Waals surface area contributed by atoms with Crippen molar-refractivity contribution in [2.75, 3.05) is 0 Å². The molecule has 0 spiro atoms. The minimum absolute atomic E-state index is 0.0926. The van der Waals surface area contributed by atoms with Crippen LogP contribution in [0, 0.1) is 0 Å². The summed E-state index contributed by atoms with van der Waals surface area (Å²) < 4.78 is 93.5. The molecule has 2 heterocycles. The van der Waals surface area contributed by atoms with E-state index in [-0.39, 0.29) is 33.4 Å². The molecule has 34 heavy (non-hydrogen) atoms. The highest BCUT2D eigenvalue weighted by molar-refractivity contribution is 7.89. The van der Waals surface area contributed by atoms with Crippen molar-refractivity contribution in [1.29, 1.82) is 0 Å². The Morgan fingerprint density at radius 3 is 2.21 bits per heavy atom. The van der Waals surface area contributed by atoms with Gasteiger partial charge in [0.15, 0.2) is 0 Å². The van der Waals surface area contributed by atoms with Crippen LogP contribution in [0.25, 0.3) is 34.4 Å². The maximum absolute atomic E-state index is 13.4. The number of hydrogen-bond donors (Lipinski definition) is 1. The third-order valence-corrected chi connectivity index (χ3v) is 5.43. The van der Waals surface area contributed by atoms with E-state index in [9.17, 15) is 30.4 Å². The topological polar surface area (TPSA) is 125 Å². The molecule has 0 radical (unpaired) electrons. The molecule has 0 amide bonds. The van der Waals surface area contributed by atoms with Crippen LogP contribution in [0.1, 0.15) is 17.7 Å². The van der Waals surface area contributed by atoms with E-state index < -0.39 is 39.7 Å². The second kappa shape index (κ2) is 8.53. The molecular formula is C20H12F5N5O3S. The summed E-state index contributed by atoms with van der Waals surface area (Å²) in [7, 11) is -4.01. The molecular weight excluding hydrogens is 485 g/mol. The van der Waals surface area contributed by atoms with Gasteiger partial charge in [-0.15, -0.1) is 0 Å². The van der Waals surface area contributed by atoms with Crippen LogP contribution in [-0.2, 0) is 16.2 Å². The van der Waals surface area contributed by atoms with Gasteiger partial charge >= 0.3 is 6.18 Å². The quantitative estimate of drug-likeness (QED) is 0.404. The molecule has 0 saturated carbocycles. The van der Waals surface area contributed by atoms with Gasteiger partial charge in [0.1, 0.15) is 5.69 Å². The van der Waals surface area contributed by atoms with Crippen molar-refractivity contribution in [3.8, 4) is 34.4 Å². The number of primary sulfonamides is 1. The van der Waals surface area contributed by atoms with Gasteiger partial charge in [-0.1, -0.05) is 29.4 Å². The zero-order chi connectivity index (χ0) is 24.7. The van der Waals surface area contributed by atoms with Crippen LogP contribution in [0.15, 0.2) is 64.0 Å². The van der Waals surface area contributed by atoms with Gasteiger partial charge < -0.3 is 4.52 Å². The number of rotatable bonds is 5. The molecule has 0 aliphatic rings. The summed E-state index contributed by atoms with van der Waals surface area (Å²) in [6.45, 7) is 0. The van der Waals surface area contributed by atoms with Crippen molar-refractivity contribution < 1.29 is 34.9 Å². The lowest BCUT2D eigenvalue weighted by Gasteiger charge is -2.09. The van der Waals surface area contributed by atoms with Gasteiger partial charge in [0.25, 0.3) is 12.3 Å². The standard InChI is InChI=1S/C20H12F5N5O3S/c21-16(22)15-9-14(10-4-6-12(7-5-10)20(23,24)25)27-18(28-15)19-29-17(30-33-19)11-2-1-3-13(8-11)34(26,31)32/h1-9,16H,(H2,26,31,32). The van der Waals surface area contributed by atoms with Crippen LogP contribution >= 0.6 is 0 Å². The number of alkyl halides is 5. The number of aromatic nitrogens is 4. The lowest BCUT2D eigenvalue weighted by atomic mass is 10.1. The van der Waals surface area contributed by atoms with Crippen LogP contribution in [-0.4, -0.2) is 28.5 Å². The summed E-state index contributed by atoms with van der Waals surface area (Å²) in [5.41, 5.74) is -1.39. The third kappa shape index (κ3) is 4.92. The van der Waals surface area contributed by atoms with Crippen molar-refractivity contribution in [2.45, 2.75) is 17.5 Å². The highest BCUT2D eigenvalue weighted by Gasteiger charge is 2.30. The zero-order valence-electron chi connectivity index (χ0n) is 16.7. The van der Waals surface area contributed by atoms with Gasteiger partial charge in [-0.2, -0.15) is 18.2 Å². The normalized spacial score (nSPS) is 12.3. The van der Waals surface area contributed by atoms with Crippen LogP contribution in [0.3, 0.4) is 0 Å². The smallest absolute Gasteiger partial charge is 0.330 e. The monoisotopic (exact) mass is 497 g/mol. The number of nitrogens with two attached hydrogens (primary N) is 1. The average Bonchev–Trinajstić information content (AvgIpc) is 3.28. The Balaban J connectivity index is 1.75. The Bertz CT molecular complexity index is 1450. The Morgan fingerprint density at radius 1 is 0.882 bits per heavy atom. The number of nitrogens with zero attached hydrogens (tertiary/aromatic N) is 4. The van der Waals surface area contributed by atoms with Crippen molar-refractivity contribution in [3.05, 3.63) is 65.9 Å². The highest BCUT2D eigenvalue weighted by atomic mass is 32.2. The van der Waals surface area contributed by atoms with E-state index >= 15 is 0 Å². The summed E-state index contributed by atoms with van der Waals surface area (Å²) in [5.74, 6) is -0.858. The molecule has 0 aliphatic heterocycles. The second-order valence-electron chi connectivity index (χ2n) is 6.87. The van der Waals surface area contributed by atoms with Gasteiger partial charge in [0, 0.05) is 11.1 Å². The van der Waals surface area contributed by atoms with E-state index in [2.05, 4.69) is 20.1 Å². The molecule has 0 atom stereocenters. The van der Waals surface area contributed by atoms with Crippen molar-refractivity contribution in [2.24, 2.45) is 5.14 Å². The summed E-state index contributed by atoms with van der Waals surface area (Å²) in [6, 6.07) is 9.99. The predicted octanol–water partition coefficient (Wildman–Crippen LogP) is 4.46. The molecule has 8 nitrogen and oxygen atoms in total. The summed E-state index contributed by atoms with van der Waals surface area (Å²) >= 11 is 0. The van der Waals surface area contributed by atoms with Crippen molar-refractivity contribution in [1.82, 2.24) is 20.1 Å². The van der Waals surface area contributed by atoms with E-state index in [1.165, 1.54) is 24.3 Å². The molecule has 2 aromatic carbocycles. The first-order chi connectivity index (χ1) is 15.9. The Labute approximate surface area is 188 Å². The fourth-order valence-electron chi connectivity index (χ4n) is 2.90. The first kappa shape index (κ1) is 23.4. The zero-order valence-corrected chi connectivity index (χ0v) is 17.5. The van der Waals surface area contributed by atoms with Gasteiger partial charge in [-0.3, -0.25) is 0 Å². The van der Waals surface area contributed by atoms with Crippen LogP contribution < -0.4 is 5.14 Å². The molecule has 176 valence electrons. The van der Waals surface area contributed by atoms with E-state index in [1.54, 1.807) is 0 Å². The maximum atomic E-state index is 13.4. The van der Waals surface area contributed by atoms with Gasteiger partial charge in [0.2, 0.25) is 21.7 Å². The minimum atomic E-state index is -4.57. The fraction of sp³-hybridized carbons (Fsp3) is 0.100. The average molecular weight is 497 g/mol. The van der Waals surface area contributed by atoms with Gasteiger partial charge in [-0.05, 0) is 30.3 Å². The first-order valence-corrected chi connectivity index (χ1v) is 10.8. The molecule has 0 unspecified atom stereocenters. The molecule has 0 saturated heterocycles. The number of benzene rings is 2. The molecule has 2 N–H and O–H groups in total. The van der Waals surface area contributed by atoms with Gasteiger partial charge in [0.05, 0.1) is 16.2 Å². The molecule has 4 aromatic rings. The van der Waals surface area contributed by atoms with Crippen LogP contribution in [0.2, 0.25) is 0 Å². The van der Waals surface area contributed by atoms with E-state index in [4.69, 9.17) is 9.66 Å². The van der Waals surface area contributed by atoms with Crippen LogP contribution in [0.4, 0.5) is 22.0 Å². The molecule has 0 bridgehead atoms. The van der Waals surface area contributed by atoms with Gasteiger partial charge in [-0.25, -0.2) is 32.3 Å². The highest BCUT2D eigenvalue weighted by Crippen LogP contribution is 2.32. The summed E-state index contributed by atoms with van der Waals surface area (Å²) in [6.07, 6.45) is -7.59. The number of sulfonamides is 1. The molecule has 14 heteroatoms. The number of halogens is 5. The molecule has 0 aliphatic carbocycles. The Kier molecular flexibility index (Phi) is 5.87. The summed E-state index contributed by atoms with van der Waals surface area (Å²) in [5, 5.41) is 8.79. The van der Waals surface area contributed by atoms with E-state index in [0.717, 1.165) is 30.3 Å². The Morgan fingerprint density at radius 2 is 1.59 bits per heavy atom. The predicted molar refractivity (Wildman–Crippen MR) is 108 cm³/mol. The lowest BCUT2D eigenvalue weighted by Crippen LogP contribution is -2.11. The minimum Gasteiger partial charge on any atom is -0.330 e. The maximum Gasteiger partial charge on any atom is 0.416 e. The second-order valence-corrected chi connectivity index (χ2v) is 8.43. The molecule has 4 rings (SSSR count). The molecule has 0 fully saturated rings. The Hall–Kier alpha value is -3.78. The molecule has 2 aromatic heterocycles. The first-order valence-electron chi connectivity index (χ1n) is 9.24. The largest absolute Gasteiger partial charge is 0.416 e. The fourth-order valence-corrected chi connectivity index (χ4v) is 3.45. The third-order valence-electron chi connectivity index (χ3n) is 4.52. The van der Waals surface area contributed by atoms with Crippen molar-refractivity contribution in [3.63, 3.8) is 0 Å². The van der Waals surface area contributed by atoms with E-state index in [1.807, 2.05) is 0 Å². The van der Waals surface area contributed by atoms with E-state index in [0.29, 0.717) is 0 Å². The summed E-state index contributed by atoms with van der Waals surface area (Å²) in [4.78, 5) is 11.6. The lowest BCUT2D eigenvalue weighted by molar-refractivity contribution is -0.137. The van der Waals surface area contributed by atoms with Crippen molar-refractivity contribution >= 4 is 10.0 Å².